The molecule has 1 unspecified atom stereocenters. The minimum Gasteiger partial charge on any atom is -0.298 e. The van der Waals surface area contributed by atoms with E-state index in [9.17, 15) is 4.79 Å². The number of Topliss-reactive ketones (excluding diaryl/α,β-unsaturated/α-hetero) is 1. The average Bonchev–Trinajstić information content (AvgIpc) is 2.52. The molecule has 0 aromatic heterocycles. The van der Waals surface area contributed by atoms with Crippen molar-refractivity contribution in [2.45, 2.75) is 37.9 Å². The molecule has 1 atom stereocenters. The van der Waals surface area contributed by atoms with E-state index in [4.69, 9.17) is 0 Å². The Morgan fingerprint density at radius 3 is 1.68 bits per heavy atom. The predicted molar refractivity (Wildman–Crippen MR) is 96.5 cm³/mol. The fourth-order valence-corrected chi connectivity index (χ4v) is 3.68. The van der Waals surface area contributed by atoms with Crippen molar-refractivity contribution in [1.29, 1.82) is 0 Å². The van der Waals surface area contributed by atoms with Crippen LogP contribution in [0.4, 0.5) is 0 Å². The van der Waals surface area contributed by atoms with Gasteiger partial charge in [0.25, 0.3) is 0 Å². The van der Waals surface area contributed by atoms with E-state index in [1.807, 2.05) is 32.9 Å². The largest absolute Gasteiger partial charge is 0.298 e. The minimum absolute atomic E-state index is 0.141. The van der Waals surface area contributed by atoms with E-state index in [0.29, 0.717) is 0 Å². The van der Waals surface area contributed by atoms with Gasteiger partial charge in [-0.15, -0.1) is 0 Å². The lowest BCUT2D eigenvalue weighted by molar-refractivity contribution is -0.125. The van der Waals surface area contributed by atoms with Crippen LogP contribution in [0.15, 0.2) is 60.7 Å². The Labute approximate surface area is 141 Å². The first-order valence-electron chi connectivity index (χ1n) is 7.68. The molecule has 1 nitrogen and oxygen atoms in total. The maximum absolute atomic E-state index is 12.5. The molecule has 0 spiro atoms. The van der Waals surface area contributed by atoms with Gasteiger partial charge in [-0.2, -0.15) is 0 Å². The minimum atomic E-state index is -0.327. The average molecular weight is 359 g/mol. The fraction of sp³-hybridized carbons (Fsp3) is 0.350. The van der Waals surface area contributed by atoms with Crippen LogP contribution in [0.25, 0.3) is 0 Å². The van der Waals surface area contributed by atoms with Crippen LogP contribution in [0.1, 0.15) is 44.2 Å². The number of rotatable bonds is 5. The first-order chi connectivity index (χ1) is 10.4. The van der Waals surface area contributed by atoms with Crippen LogP contribution in [0.2, 0.25) is 0 Å². The molecule has 2 rings (SSSR count). The summed E-state index contributed by atoms with van der Waals surface area (Å²) in [7, 11) is 0. The second-order valence-electron chi connectivity index (χ2n) is 6.69. The maximum Gasteiger partial charge on any atom is 0.151 e. The van der Waals surface area contributed by atoms with Gasteiger partial charge in [-0.1, -0.05) is 97.4 Å². The number of ketones is 1. The number of alkyl halides is 1. The van der Waals surface area contributed by atoms with Crippen molar-refractivity contribution < 1.29 is 4.79 Å². The number of benzene rings is 2. The van der Waals surface area contributed by atoms with E-state index in [1.54, 1.807) is 0 Å². The molecule has 0 saturated heterocycles. The summed E-state index contributed by atoms with van der Waals surface area (Å²) >= 11 is 3.62. The van der Waals surface area contributed by atoms with Crippen LogP contribution < -0.4 is 0 Å². The van der Waals surface area contributed by atoms with Gasteiger partial charge in [0, 0.05) is 11.3 Å². The molecule has 22 heavy (non-hydrogen) atoms. The van der Waals surface area contributed by atoms with E-state index < -0.39 is 0 Å². The molecule has 0 saturated carbocycles. The zero-order valence-corrected chi connectivity index (χ0v) is 15.0. The molecule has 0 aliphatic carbocycles. The summed E-state index contributed by atoms with van der Waals surface area (Å²) in [6, 6.07) is 20.8. The first kappa shape index (κ1) is 17.0. The third-order valence-electron chi connectivity index (χ3n) is 3.87. The second-order valence-corrected chi connectivity index (χ2v) is 7.80. The van der Waals surface area contributed by atoms with Crippen molar-refractivity contribution in [3.8, 4) is 0 Å². The van der Waals surface area contributed by atoms with Gasteiger partial charge < -0.3 is 0 Å². The summed E-state index contributed by atoms with van der Waals surface area (Å²) in [5.74, 6) is 0.474. The van der Waals surface area contributed by atoms with Crippen LogP contribution in [-0.2, 0) is 4.79 Å². The molecule has 0 fully saturated rings. The molecule has 0 heterocycles. The zero-order chi connectivity index (χ0) is 16.2. The molecule has 0 radical (unpaired) electrons. The molecule has 0 amide bonds. The summed E-state index contributed by atoms with van der Waals surface area (Å²) < 4.78 is 0. The van der Waals surface area contributed by atoms with Crippen molar-refractivity contribution in [2.75, 3.05) is 0 Å². The Morgan fingerprint density at radius 1 is 0.909 bits per heavy atom. The van der Waals surface area contributed by atoms with E-state index in [0.717, 1.165) is 6.42 Å². The van der Waals surface area contributed by atoms with Crippen molar-refractivity contribution >= 4 is 21.7 Å². The van der Waals surface area contributed by atoms with Gasteiger partial charge in [0.2, 0.25) is 0 Å². The van der Waals surface area contributed by atoms with Crippen LogP contribution in [0.5, 0.6) is 0 Å². The summed E-state index contributed by atoms with van der Waals surface area (Å²) in [5, 5.41) is 0. The van der Waals surface area contributed by atoms with E-state index >= 15 is 0 Å². The number of hydrogen-bond donors (Lipinski definition) is 0. The fourth-order valence-electron chi connectivity index (χ4n) is 2.62. The van der Waals surface area contributed by atoms with E-state index in [1.165, 1.54) is 11.1 Å². The highest BCUT2D eigenvalue weighted by atomic mass is 79.9. The van der Waals surface area contributed by atoms with Crippen LogP contribution in [0.3, 0.4) is 0 Å². The number of halogens is 1. The van der Waals surface area contributed by atoms with Crippen molar-refractivity contribution in [3.05, 3.63) is 71.8 Å². The van der Waals surface area contributed by atoms with Gasteiger partial charge in [0.1, 0.15) is 0 Å². The molecule has 116 valence electrons. The third kappa shape index (κ3) is 4.30. The summed E-state index contributed by atoms with van der Waals surface area (Å²) in [6.07, 6.45) is 0.768. The summed E-state index contributed by atoms with van der Waals surface area (Å²) in [6.45, 7) is 5.93. The van der Waals surface area contributed by atoms with Crippen molar-refractivity contribution in [1.82, 2.24) is 0 Å². The van der Waals surface area contributed by atoms with Crippen molar-refractivity contribution in [3.63, 3.8) is 0 Å². The Hall–Kier alpha value is -1.41. The molecule has 0 aliphatic rings. The Bertz CT molecular complexity index is 559. The van der Waals surface area contributed by atoms with Gasteiger partial charge in [-0.3, -0.25) is 4.79 Å². The maximum atomic E-state index is 12.5. The lowest BCUT2D eigenvalue weighted by atomic mass is 9.82. The first-order valence-corrected chi connectivity index (χ1v) is 8.59. The highest BCUT2D eigenvalue weighted by Gasteiger charge is 2.30. The van der Waals surface area contributed by atoms with E-state index in [-0.39, 0.29) is 21.9 Å². The zero-order valence-electron chi connectivity index (χ0n) is 13.4. The normalized spacial score (nSPS) is 13.1. The standard InChI is InChI=1S/C20H23BrO/c1-20(2,3)19(22)18(21)14-17(15-10-6-4-7-11-15)16-12-8-5-9-13-16/h4-13,17-18H,14H2,1-3H3. The molecular weight excluding hydrogens is 336 g/mol. The van der Waals surface area contributed by atoms with Crippen LogP contribution >= 0.6 is 15.9 Å². The van der Waals surface area contributed by atoms with Crippen molar-refractivity contribution in [2.24, 2.45) is 5.41 Å². The highest BCUT2D eigenvalue weighted by molar-refractivity contribution is 9.10. The molecule has 0 N–H and O–H groups in total. The predicted octanol–water partition coefficient (Wildman–Crippen LogP) is 5.59. The Balaban J connectivity index is 2.29. The lowest BCUT2D eigenvalue weighted by Crippen LogP contribution is -2.30. The van der Waals surface area contributed by atoms with Crippen LogP contribution in [0, 0.1) is 5.41 Å². The molecule has 2 heteroatoms. The van der Waals surface area contributed by atoms with Gasteiger partial charge in [-0.25, -0.2) is 0 Å². The quantitative estimate of drug-likeness (QED) is 0.636. The molecule has 2 aromatic rings. The number of carbonyl (C=O) groups excluding carboxylic acids is 1. The van der Waals surface area contributed by atoms with Gasteiger partial charge in [-0.05, 0) is 17.5 Å². The summed E-state index contributed by atoms with van der Waals surface area (Å²) in [5.41, 5.74) is 2.17. The molecule has 0 aliphatic heterocycles. The number of carbonyl (C=O) groups is 1. The number of hydrogen-bond acceptors (Lipinski definition) is 1. The lowest BCUT2D eigenvalue weighted by Gasteiger charge is -2.25. The highest BCUT2D eigenvalue weighted by Crippen LogP contribution is 2.33. The van der Waals surface area contributed by atoms with Gasteiger partial charge in [0.15, 0.2) is 5.78 Å². The summed E-state index contributed by atoms with van der Waals surface area (Å²) in [4.78, 5) is 12.4. The van der Waals surface area contributed by atoms with Crippen LogP contribution in [-0.4, -0.2) is 10.6 Å². The van der Waals surface area contributed by atoms with E-state index in [2.05, 4.69) is 64.5 Å². The SMILES string of the molecule is CC(C)(C)C(=O)C(Br)CC(c1ccccc1)c1ccccc1. The second kappa shape index (κ2) is 7.23. The third-order valence-corrected chi connectivity index (χ3v) is 4.66. The van der Waals surface area contributed by atoms with Gasteiger partial charge in [0.05, 0.1) is 4.83 Å². The smallest absolute Gasteiger partial charge is 0.151 e. The topological polar surface area (TPSA) is 17.1 Å². The Kier molecular flexibility index (Phi) is 5.57. The Morgan fingerprint density at radius 2 is 1.32 bits per heavy atom. The van der Waals surface area contributed by atoms with Gasteiger partial charge >= 0.3 is 0 Å². The molecule has 0 bridgehead atoms. The monoisotopic (exact) mass is 358 g/mol. The molecular formula is C20H23BrO. The molecule has 2 aromatic carbocycles.